The van der Waals surface area contributed by atoms with Crippen molar-refractivity contribution in [3.05, 3.63) is 47.8 Å². The van der Waals surface area contributed by atoms with E-state index in [0.29, 0.717) is 0 Å². The normalized spacial score (nSPS) is 10.6. The molecule has 2 aromatic rings. The number of H-pyrrole nitrogens is 1. The maximum Gasteiger partial charge on any atom is 0.0921 e. The van der Waals surface area contributed by atoms with Crippen molar-refractivity contribution in [2.45, 2.75) is 19.9 Å². The molecule has 2 aromatic heterocycles. The van der Waals surface area contributed by atoms with Crippen LogP contribution in [0.5, 0.6) is 0 Å². The first-order chi connectivity index (χ1) is 7.84. The highest BCUT2D eigenvalue weighted by atomic mass is 14.9. The average molecular weight is 216 g/mol. The van der Waals surface area contributed by atoms with E-state index in [1.54, 1.807) is 6.33 Å². The van der Waals surface area contributed by atoms with Crippen molar-refractivity contribution < 1.29 is 0 Å². The van der Waals surface area contributed by atoms with E-state index < -0.39 is 0 Å². The maximum absolute atomic E-state index is 4.25. The molecule has 2 N–H and O–H groups in total. The lowest BCUT2D eigenvalue weighted by molar-refractivity contribution is 0.679. The van der Waals surface area contributed by atoms with E-state index in [4.69, 9.17) is 0 Å². The smallest absolute Gasteiger partial charge is 0.0921 e. The molecule has 0 aliphatic carbocycles. The predicted octanol–water partition coefficient (Wildman–Crippen LogP) is 1.45. The van der Waals surface area contributed by atoms with Crippen LogP contribution < -0.4 is 5.32 Å². The van der Waals surface area contributed by atoms with Gasteiger partial charge in [0, 0.05) is 43.3 Å². The van der Waals surface area contributed by atoms with Crippen LogP contribution in [0, 0.1) is 6.92 Å². The molecular weight excluding hydrogens is 200 g/mol. The summed E-state index contributed by atoms with van der Waals surface area (Å²) in [6.45, 7) is 3.80. The van der Waals surface area contributed by atoms with Gasteiger partial charge in [-0.2, -0.15) is 0 Å². The molecule has 2 rings (SSSR count). The van der Waals surface area contributed by atoms with Gasteiger partial charge >= 0.3 is 0 Å². The Labute approximate surface area is 95.1 Å². The van der Waals surface area contributed by atoms with Crippen molar-refractivity contribution in [3.63, 3.8) is 0 Å². The van der Waals surface area contributed by atoms with Gasteiger partial charge in [0.15, 0.2) is 0 Å². The topological polar surface area (TPSA) is 53.6 Å². The van der Waals surface area contributed by atoms with E-state index in [1.165, 1.54) is 5.56 Å². The first kappa shape index (κ1) is 10.8. The van der Waals surface area contributed by atoms with Crippen molar-refractivity contribution in [1.82, 2.24) is 20.3 Å². The van der Waals surface area contributed by atoms with E-state index in [1.807, 2.05) is 25.4 Å². The van der Waals surface area contributed by atoms with Crippen LogP contribution in [0.3, 0.4) is 0 Å². The monoisotopic (exact) mass is 216 g/mol. The summed E-state index contributed by atoms with van der Waals surface area (Å²) < 4.78 is 0. The first-order valence-corrected chi connectivity index (χ1v) is 5.44. The molecule has 0 aliphatic rings. The van der Waals surface area contributed by atoms with Gasteiger partial charge in [-0.3, -0.25) is 4.98 Å². The Bertz CT molecular complexity index is 405. The highest BCUT2D eigenvalue weighted by Crippen LogP contribution is 1.98. The molecular formula is C12H16N4. The standard InChI is InChI=1S/C12H16N4/c1-10-2-3-11(7-15-10)6-13-5-4-12-8-14-9-16-12/h2-3,7-9,13H,4-6H2,1H3,(H,14,16). The number of aromatic amines is 1. The Kier molecular flexibility index (Phi) is 3.66. The molecule has 2 heterocycles. The van der Waals surface area contributed by atoms with E-state index in [0.717, 1.165) is 30.9 Å². The van der Waals surface area contributed by atoms with Crippen molar-refractivity contribution >= 4 is 0 Å². The van der Waals surface area contributed by atoms with Crippen LogP contribution in [-0.2, 0) is 13.0 Å². The lowest BCUT2D eigenvalue weighted by Crippen LogP contribution is -2.16. The number of nitrogens with one attached hydrogen (secondary N) is 2. The second-order valence-corrected chi connectivity index (χ2v) is 3.81. The van der Waals surface area contributed by atoms with Crippen LogP contribution in [0.15, 0.2) is 30.9 Å². The molecule has 4 nitrogen and oxygen atoms in total. The quantitative estimate of drug-likeness (QED) is 0.744. The van der Waals surface area contributed by atoms with Crippen LogP contribution >= 0.6 is 0 Å². The largest absolute Gasteiger partial charge is 0.348 e. The molecule has 0 saturated carbocycles. The van der Waals surface area contributed by atoms with Crippen molar-refractivity contribution in [2.24, 2.45) is 0 Å². The van der Waals surface area contributed by atoms with E-state index in [2.05, 4.69) is 26.3 Å². The van der Waals surface area contributed by atoms with Gasteiger partial charge in [-0.15, -0.1) is 0 Å². The molecule has 0 amide bonds. The number of hydrogen-bond acceptors (Lipinski definition) is 3. The van der Waals surface area contributed by atoms with Gasteiger partial charge in [0.2, 0.25) is 0 Å². The van der Waals surface area contributed by atoms with Gasteiger partial charge in [0.25, 0.3) is 0 Å². The van der Waals surface area contributed by atoms with Gasteiger partial charge < -0.3 is 10.3 Å². The van der Waals surface area contributed by atoms with Crippen LogP contribution in [0.4, 0.5) is 0 Å². The number of aryl methyl sites for hydroxylation is 1. The first-order valence-electron chi connectivity index (χ1n) is 5.44. The van der Waals surface area contributed by atoms with E-state index >= 15 is 0 Å². The highest BCUT2D eigenvalue weighted by molar-refractivity contribution is 5.12. The van der Waals surface area contributed by atoms with Gasteiger partial charge in [-0.05, 0) is 18.6 Å². The Morgan fingerprint density at radius 1 is 1.31 bits per heavy atom. The Hall–Kier alpha value is -1.68. The summed E-state index contributed by atoms with van der Waals surface area (Å²) >= 11 is 0. The maximum atomic E-state index is 4.25. The summed E-state index contributed by atoms with van der Waals surface area (Å²) in [5.74, 6) is 0. The lowest BCUT2D eigenvalue weighted by Gasteiger charge is -2.03. The SMILES string of the molecule is Cc1ccc(CNCCc2cnc[nH]2)cn1. The van der Waals surface area contributed by atoms with Gasteiger partial charge in [0.1, 0.15) is 0 Å². The molecule has 0 aliphatic heterocycles. The molecule has 0 aromatic carbocycles. The van der Waals surface area contributed by atoms with Crippen molar-refractivity contribution in [2.75, 3.05) is 6.54 Å². The third-order valence-corrected chi connectivity index (χ3v) is 2.43. The third-order valence-electron chi connectivity index (χ3n) is 2.43. The minimum absolute atomic E-state index is 0.863. The molecule has 4 heteroatoms. The van der Waals surface area contributed by atoms with Gasteiger partial charge in [-0.1, -0.05) is 6.07 Å². The summed E-state index contributed by atoms with van der Waals surface area (Å²) in [5.41, 5.74) is 3.44. The number of imidazole rings is 1. The van der Waals surface area contributed by atoms with Gasteiger partial charge in [0.05, 0.1) is 6.33 Å². The third kappa shape index (κ3) is 3.17. The highest BCUT2D eigenvalue weighted by Gasteiger charge is 1.95. The predicted molar refractivity (Wildman–Crippen MR) is 63.0 cm³/mol. The molecule has 0 saturated heterocycles. The minimum Gasteiger partial charge on any atom is -0.348 e. The van der Waals surface area contributed by atoms with Crippen molar-refractivity contribution in [1.29, 1.82) is 0 Å². The summed E-state index contributed by atoms with van der Waals surface area (Å²) in [7, 11) is 0. The zero-order valence-corrected chi connectivity index (χ0v) is 9.40. The van der Waals surface area contributed by atoms with Crippen LogP contribution in [0.2, 0.25) is 0 Å². The molecule has 0 atom stereocenters. The number of rotatable bonds is 5. The number of nitrogens with zero attached hydrogens (tertiary/aromatic N) is 2. The number of aromatic nitrogens is 3. The molecule has 0 fully saturated rings. The fourth-order valence-corrected chi connectivity index (χ4v) is 1.48. The number of hydrogen-bond donors (Lipinski definition) is 2. The molecule has 84 valence electrons. The molecule has 0 bridgehead atoms. The second kappa shape index (κ2) is 5.42. The summed E-state index contributed by atoms with van der Waals surface area (Å²) in [5, 5.41) is 3.37. The molecule has 16 heavy (non-hydrogen) atoms. The van der Waals surface area contributed by atoms with Crippen LogP contribution in [-0.4, -0.2) is 21.5 Å². The Balaban J connectivity index is 1.70. The fraction of sp³-hybridized carbons (Fsp3) is 0.333. The average Bonchev–Trinajstić information content (AvgIpc) is 2.80. The Morgan fingerprint density at radius 2 is 2.25 bits per heavy atom. The van der Waals surface area contributed by atoms with Gasteiger partial charge in [-0.25, -0.2) is 4.98 Å². The summed E-state index contributed by atoms with van der Waals surface area (Å²) in [6.07, 6.45) is 6.45. The fourth-order valence-electron chi connectivity index (χ4n) is 1.48. The summed E-state index contributed by atoms with van der Waals surface area (Å²) in [6, 6.07) is 4.14. The molecule has 0 spiro atoms. The lowest BCUT2D eigenvalue weighted by atomic mass is 10.2. The zero-order chi connectivity index (χ0) is 11.2. The summed E-state index contributed by atoms with van der Waals surface area (Å²) in [4.78, 5) is 11.3. The zero-order valence-electron chi connectivity index (χ0n) is 9.40. The van der Waals surface area contributed by atoms with E-state index in [-0.39, 0.29) is 0 Å². The number of pyridine rings is 1. The molecule has 0 unspecified atom stereocenters. The van der Waals surface area contributed by atoms with E-state index in [9.17, 15) is 0 Å². The second-order valence-electron chi connectivity index (χ2n) is 3.81. The van der Waals surface area contributed by atoms with Crippen LogP contribution in [0.1, 0.15) is 17.0 Å². The Morgan fingerprint density at radius 3 is 2.94 bits per heavy atom. The molecule has 0 radical (unpaired) electrons. The van der Waals surface area contributed by atoms with Crippen LogP contribution in [0.25, 0.3) is 0 Å². The van der Waals surface area contributed by atoms with Crippen molar-refractivity contribution in [3.8, 4) is 0 Å². The minimum atomic E-state index is 0.863.